The number of rotatable bonds is 7. The summed E-state index contributed by atoms with van der Waals surface area (Å²) in [7, 11) is -0.837. The molecule has 0 saturated carbocycles. The van der Waals surface area contributed by atoms with Gasteiger partial charge >= 0.3 is 0 Å². The first-order valence-corrected chi connectivity index (χ1v) is 9.61. The molecule has 5 heteroatoms. The van der Waals surface area contributed by atoms with Crippen LogP contribution in [0.1, 0.15) is 12.0 Å². The van der Waals surface area contributed by atoms with Crippen molar-refractivity contribution in [3.63, 3.8) is 0 Å². The van der Waals surface area contributed by atoms with Gasteiger partial charge in [-0.15, -0.1) is 0 Å². The Hall–Kier alpha value is -0.910. The minimum Gasteiger partial charge on any atom is -0.305 e. The van der Waals surface area contributed by atoms with Gasteiger partial charge in [-0.05, 0) is 31.5 Å². The van der Waals surface area contributed by atoms with Crippen LogP contribution >= 0.6 is 0 Å². The van der Waals surface area contributed by atoms with Crippen LogP contribution in [0.15, 0.2) is 30.3 Å². The van der Waals surface area contributed by atoms with E-state index in [1.807, 2.05) is 13.1 Å². The molecule has 0 unspecified atom stereocenters. The van der Waals surface area contributed by atoms with Crippen molar-refractivity contribution in [3.8, 4) is 0 Å². The molecule has 1 aliphatic rings. The quantitative estimate of drug-likeness (QED) is 0.765. The minimum absolute atomic E-state index is 0.254. The first-order valence-electron chi connectivity index (χ1n) is 7.55. The molecule has 0 amide bonds. The van der Waals surface area contributed by atoms with E-state index in [9.17, 15) is 8.42 Å². The Bertz CT molecular complexity index is 530. The average molecular weight is 310 g/mol. The fourth-order valence-electron chi connectivity index (χ4n) is 2.90. The van der Waals surface area contributed by atoms with Crippen molar-refractivity contribution in [2.75, 3.05) is 45.2 Å². The third-order valence-electron chi connectivity index (χ3n) is 4.03. The number of hydrogen-bond donors (Lipinski definition) is 0. The summed E-state index contributed by atoms with van der Waals surface area (Å²) in [6, 6.07) is 10.6. The van der Waals surface area contributed by atoms with E-state index in [1.54, 1.807) is 0 Å². The Morgan fingerprint density at radius 3 is 2.67 bits per heavy atom. The number of nitrogens with zero attached hydrogens (tertiary/aromatic N) is 2. The molecule has 0 N–H and O–H groups in total. The first kappa shape index (κ1) is 16.5. The second-order valence-electron chi connectivity index (χ2n) is 6.27. The van der Waals surface area contributed by atoms with Gasteiger partial charge in [-0.2, -0.15) is 0 Å². The maximum absolute atomic E-state index is 11.2. The highest BCUT2D eigenvalue weighted by Gasteiger charge is 2.23. The summed E-state index contributed by atoms with van der Waals surface area (Å²) >= 11 is 0. The maximum atomic E-state index is 11.2. The van der Waals surface area contributed by atoms with E-state index in [2.05, 4.69) is 34.1 Å². The van der Waals surface area contributed by atoms with Crippen molar-refractivity contribution < 1.29 is 8.42 Å². The summed E-state index contributed by atoms with van der Waals surface area (Å²) in [4.78, 5) is 4.64. The lowest BCUT2D eigenvalue weighted by atomic mass is 10.1. The molecule has 1 saturated heterocycles. The van der Waals surface area contributed by atoms with Gasteiger partial charge in [0, 0.05) is 32.4 Å². The molecule has 0 bridgehead atoms. The van der Waals surface area contributed by atoms with Gasteiger partial charge in [0.15, 0.2) is 0 Å². The van der Waals surface area contributed by atoms with Gasteiger partial charge in [-0.25, -0.2) is 8.42 Å². The van der Waals surface area contributed by atoms with Crippen molar-refractivity contribution in [2.45, 2.75) is 13.0 Å². The van der Waals surface area contributed by atoms with Crippen LogP contribution in [0.4, 0.5) is 0 Å². The molecule has 1 aromatic rings. The Labute approximate surface area is 128 Å². The zero-order chi connectivity index (χ0) is 15.3. The summed E-state index contributed by atoms with van der Waals surface area (Å²) in [5, 5.41) is 0. The highest BCUT2D eigenvalue weighted by molar-refractivity contribution is 7.90. The van der Waals surface area contributed by atoms with E-state index in [-0.39, 0.29) is 5.75 Å². The molecular weight excluding hydrogens is 284 g/mol. The van der Waals surface area contributed by atoms with Gasteiger partial charge in [-0.1, -0.05) is 30.3 Å². The molecule has 1 heterocycles. The molecule has 1 atom stereocenters. The van der Waals surface area contributed by atoms with E-state index in [0.717, 1.165) is 26.2 Å². The standard InChI is InChI=1S/C16H26N2O2S/c1-17(10-11-21(2,19)20)12-16-8-9-18(14-16)13-15-6-4-3-5-7-15/h3-7,16H,8-14H2,1-2H3/t16-/m0/s1. The van der Waals surface area contributed by atoms with Crippen LogP contribution in [-0.4, -0.2) is 63.5 Å². The predicted molar refractivity (Wildman–Crippen MR) is 87.0 cm³/mol. The minimum atomic E-state index is -2.86. The summed E-state index contributed by atoms with van der Waals surface area (Å²) < 4.78 is 22.4. The Morgan fingerprint density at radius 1 is 1.29 bits per heavy atom. The second-order valence-corrected chi connectivity index (χ2v) is 8.53. The van der Waals surface area contributed by atoms with E-state index < -0.39 is 9.84 Å². The molecule has 1 aliphatic heterocycles. The smallest absolute Gasteiger partial charge is 0.148 e. The van der Waals surface area contributed by atoms with Gasteiger partial charge in [0.05, 0.1) is 5.75 Å². The topological polar surface area (TPSA) is 40.6 Å². The van der Waals surface area contributed by atoms with Crippen LogP contribution in [0.2, 0.25) is 0 Å². The SMILES string of the molecule is CN(CCS(C)(=O)=O)C[C@@H]1CCN(Cc2ccccc2)C1. The largest absolute Gasteiger partial charge is 0.305 e. The van der Waals surface area contributed by atoms with E-state index >= 15 is 0 Å². The van der Waals surface area contributed by atoms with E-state index in [1.165, 1.54) is 18.2 Å². The zero-order valence-corrected chi connectivity index (χ0v) is 13.8. The lowest BCUT2D eigenvalue weighted by molar-refractivity contribution is 0.268. The number of benzene rings is 1. The average Bonchev–Trinajstić information content (AvgIpc) is 2.84. The van der Waals surface area contributed by atoms with Crippen molar-refractivity contribution in [1.29, 1.82) is 0 Å². The Kier molecular flexibility index (Phi) is 5.79. The molecule has 0 spiro atoms. The van der Waals surface area contributed by atoms with Gasteiger partial charge in [0.2, 0.25) is 0 Å². The van der Waals surface area contributed by atoms with Crippen LogP contribution in [0, 0.1) is 5.92 Å². The zero-order valence-electron chi connectivity index (χ0n) is 13.0. The summed E-state index contributed by atoms with van der Waals surface area (Å²) in [5.41, 5.74) is 1.36. The lowest BCUT2D eigenvalue weighted by Crippen LogP contribution is -2.31. The molecule has 118 valence electrons. The second kappa shape index (κ2) is 7.38. The normalized spacial score (nSPS) is 20.2. The van der Waals surface area contributed by atoms with Crippen molar-refractivity contribution in [1.82, 2.24) is 9.80 Å². The Morgan fingerprint density at radius 2 is 2.00 bits per heavy atom. The fraction of sp³-hybridized carbons (Fsp3) is 0.625. The lowest BCUT2D eigenvalue weighted by Gasteiger charge is -2.21. The van der Waals surface area contributed by atoms with Gasteiger partial charge in [-0.3, -0.25) is 4.90 Å². The van der Waals surface area contributed by atoms with Crippen LogP contribution in [-0.2, 0) is 16.4 Å². The highest BCUT2D eigenvalue weighted by Crippen LogP contribution is 2.19. The first-order chi connectivity index (χ1) is 9.92. The van der Waals surface area contributed by atoms with Crippen LogP contribution in [0.25, 0.3) is 0 Å². The molecule has 1 aromatic carbocycles. The molecular formula is C16H26N2O2S. The number of hydrogen-bond acceptors (Lipinski definition) is 4. The monoisotopic (exact) mass is 310 g/mol. The van der Waals surface area contributed by atoms with Gasteiger partial charge in [0.1, 0.15) is 9.84 Å². The van der Waals surface area contributed by atoms with Gasteiger partial charge in [0.25, 0.3) is 0 Å². The molecule has 4 nitrogen and oxygen atoms in total. The van der Waals surface area contributed by atoms with Crippen LogP contribution in [0.3, 0.4) is 0 Å². The van der Waals surface area contributed by atoms with Crippen LogP contribution < -0.4 is 0 Å². The van der Waals surface area contributed by atoms with Crippen molar-refractivity contribution in [3.05, 3.63) is 35.9 Å². The van der Waals surface area contributed by atoms with E-state index in [4.69, 9.17) is 0 Å². The highest BCUT2D eigenvalue weighted by atomic mass is 32.2. The Balaban J connectivity index is 1.72. The third kappa shape index (κ3) is 6.16. The van der Waals surface area contributed by atoms with Crippen LogP contribution in [0.5, 0.6) is 0 Å². The maximum Gasteiger partial charge on any atom is 0.148 e. The van der Waals surface area contributed by atoms with Crippen molar-refractivity contribution in [2.24, 2.45) is 5.92 Å². The van der Waals surface area contributed by atoms with E-state index in [0.29, 0.717) is 12.5 Å². The molecule has 2 rings (SSSR count). The third-order valence-corrected chi connectivity index (χ3v) is 4.96. The number of likely N-dealkylation sites (tertiary alicyclic amines) is 1. The molecule has 0 aliphatic carbocycles. The summed E-state index contributed by atoms with van der Waals surface area (Å²) in [5.74, 6) is 0.905. The molecule has 0 radical (unpaired) electrons. The summed E-state index contributed by atoms with van der Waals surface area (Å²) in [6.07, 6.45) is 2.51. The summed E-state index contributed by atoms with van der Waals surface area (Å²) in [6.45, 7) is 4.89. The predicted octanol–water partition coefficient (Wildman–Crippen LogP) is 1.48. The number of sulfone groups is 1. The fourth-order valence-corrected chi connectivity index (χ4v) is 3.54. The molecule has 1 fully saturated rings. The molecule has 0 aromatic heterocycles. The molecule has 21 heavy (non-hydrogen) atoms. The van der Waals surface area contributed by atoms with Gasteiger partial charge < -0.3 is 4.90 Å². The van der Waals surface area contributed by atoms with Crippen molar-refractivity contribution >= 4 is 9.84 Å².